The Balaban J connectivity index is 2.43. The molecular weight excluding hydrogens is 328 g/mol. The second-order valence-corrected chi connectivity index (χ2v) is 6.93. The van der Waals surface area contributed by atoms with Gasteiger partial charge in [0.25, 0.3) is 0 Å². The lowest BCUT2D eigenvalue weighted by Gasteiger charge is -2.18. The SMILES string of the molecule is CCCCCCCCCCC(CCC)OC(=O)c1ccccc1C(=O)O. The van der Waals surface area contributed by atoms with E-state index in [0.717, 1.165) is 32.1 Å². The van der Waals surface area contributed by atoms with E-state index in [4.69, 9.17) is 4.74 Å². The third-order valence-corrected chi connectivity index (χ3v) is 4.64. The van der Waals surface area contributed by atoms with Gasteiger partial charge in [0.15, 0.2) is 0 Å². The number of carboxylic acids is 1. The van der Waals surface area contributed by atoms with Gasteiger partial charge in [0.1, 0.15) is 6.10 Å². The molecule has 4 nitrogen and oxygen atoms in total. The molecule has 0 amide bonds. The maximum absolute atomic E-state index is 12.4. The number of benzene rings is 1. The molecule has 0 spiro atoms. The number of aromatic carboxylic acids is 1. The zero-order valence-electron chi connectivity index (χ0n) is 16.3. The van der Waals surface area contributed by atoms with Crippen molar-refractivity contribution in [2.75, 3.05) is 0 Å². The van der Waals surface area contributed by atoms with Gasteiger partial charge in [0.2, 0.25) is 0 Å². The van der Waals surface area contributed by atoms with E-state index < -0.39 is 11.9 Å². The predicted molar refractivity (Wildman–Crippen MR) is 105 cm³/mol. The summed E-state index contributed by atoms with van der Waals surface area (Å²) in [6.45, 7) is 4.30. The van der Waals surface area contributed by atoms with Crippen molar-refractivity contribution in [3.63, 3.8) is 0 Å². The predicted octanol–water partition coefficient (Wildman–Crippen LogP) is 6.24. The number of carbonyl (C=O) groups excluding carboxylic acids is 1. The standard InChI is InChI=1S/C22H34O4/c1-3-5-6-7-8-9-10-11-15-18(14-4-2)26-22(25)20-17-13-12-16-19(20)21(23)24/h12-13,16-18H,3-11,14-15H2,1-2H3,(H,23,24). The van der Waals surface area contributed by atoms with Crippen molar-refractivity contribution in [3.05, 3.63) is 35.4 Å². The Hall–Kier alpha value is -1.84. The molecule has 1 rings (SSSR count). The Bertz CT molecular complexity index is 539. The first-order valence-electron chi connectivity index (χ1n) is 10.1. The number of hydrogen-bond acceptors (Lipinski definition) is 3. The van der Waals surface area contributed by atoms with Crippen LogP contribution in [0.4, 0.5) is 0 Å². The van der Waals surface area contributed by atoms with Crippen LogP contribution in [0.5, 0.6) is 0 Å². The third-order valence-electron chi connectivity index (χ3n) is 4.64. The quantitative estimate of drug-likeness (QED) is 0.314. The van der Waals surface area contributed by atoms with Crippen molar-refractivity contribution >= 4 is 11.9 Å². The van der Waals surface area contributed by atoms with Crippen LogP contribution in [0, 0.1) is 0 Å². The molecule has 0 saturated heterocycles. The molecule has 0 heterocycles. The molecule has 1 aromatic carbocycles. The summed E-state index contributed by atoms with van der Waals surface area (Å²) in [7, 11) is 0. The number of ether oxygens (including phenoxy) is 1. The van der Waals surface area contributed by atoms with Crippen LogP contribution in [0.2, 0.25) is 0 Å². The highest BCUT2D eigenvalue weighted by Crippen LogP contribution is 2.18. The van der Waals surface area contributed by atoms with Gasteiger partial charge in [-0.1, -0.05) is 77.3 Å². The fraction of sp³-hybridized carbons (Fsp3) is 0.636. The van der Waals surface area contributed by atoms with Gasteiger partial charge in [-0.15, -0.1) is 0 Å². The normalized spacial score (nSPS) is 11.9. The van der Waals surface area contributed by atoms with E-state index in [9.17, 15) is 14.7 Å². The van der Waals surface area contributed by atoms with E-state index in [2.05, 4.69) is 13.8 Å². The Morgan fingerprint density at radius 1 is 0.846 bits per heavy atom. The number of carbonyl (C=O) groups is 2. The lowest BCUT2D eigenvalue weighted by molar-refractivity contribution is 0.0248. The van der Waals surface area contributed by atoms with E-state index in [1.807, 2.05) is 0 Å². The van der Waals surface area contributed by atoms with Gasteiger partial charge >= 0.3 is 11.9 Å². The van der Waals surface area contributed by atoms with Crippen LogP contribution in [0.1, 0.15) is 105 Å². The Labute approximate surface area is 158 Å². The number of rotatable bonds is 14. The summed E-state index contributed by atoms with van der Waals surface area (Å²) in [6.07, 6.45) is 12.4. The van der Waals surface area contributed by atoms with Gasteiger partial charge in [0.05, 0.1) is 11.1 Å². The number of carboxylic acid groups (broad SMARTS) is 1. The molecule has 26 heavy (non-hydrogen) atoms. The van der Waals surface area contributed by atoms with Gasteiger partial charge in [-0.3, -0.25) is 0 Å². The summed E-state index contributed by atoms with van der Waals surface area (Å²) in [6, 6.07) is 6.23. The zero-order chi connectivity index (χ0) is 19.2. The molecule has 1 atom stereocenters. The minimum atomic E-state index is -1.10. The topological polar surface area (TPSA) is 63.6 Å². The molecule has 0 fully saturated rings. The molecular formula is C22H34O4. The second kappa shape index (κ2) is 13.4. The lowest BCUT2D eigenvalue weighted by Crippen LogP contribution is -2.20. The minimum Gasteiger partial charge on any atom is -0.478 e. The van der Waals surface area contributed by atoms with Crippen molar-refractivity contribution in [1.29, 1.82) is 0 Å². The van der Waals surface area contributed by atoms with Gasteiger partial charge in [-0.2, -0.15) is 0 Å². The fourth-order valence-electron chi connectivity index (χ4n) is 3.15. The third kappa shape index (κ3) is 8.50. The van der Waals surface area contributed by atoms with Crippen LogP contribution >= 0.6 is 0 Å². The Morgan fingerprint density at radius 2 is 1.42 bits per heavy atom. The molecule has 1 aromatic rings. The first-order chi connectivity index (χ1) is 12.6. The maximum atomic E-state index is 12.4. The molecule has 0 aromatic heterocycles. The molecule has 0 aliphatic rings. The summed E-state index contributed by atoms with van der Waals surface area (Å²) in [5, 5.41) is 9.22. The monoisotopic (exact) mass is 362 g/mol. The van der Waals surface area contributed by atoms with Crippen LogP contribution in [-0.2, 0) is 4.74 Å². The average Bonchev–Trinajstić information content (AvgIpc) is 2.63. The first-order valence-corrected chi connectivity index (χ1v) is 10.1. The van der Waals surface area contributed by atoms with Gasteiger partial charge < -0.3 is 9.84 Å². The molecule has 0 bridgehead atoms. The summed E-state index contributed by atoms with van der Waals surface area (Å²) < 4.78 is 5.63. The molecule has 4 heteroatoms. The van der Waals surface area contributed by atoms with Crippen LogP contribution in [0.15, 0.2) is 24.3 Å². The van der Waals surface area contributed by atoms with Crippen LogP contribution in [0.25, 0.3) is 0 Å². The van der Waals surface area contributed by atoms with E-state index in [1.54, 1.807) is 12.1 Å². The van der Waals surface area contributed by atoms with Gasteiger partial charge in [-0.25, -0.2) is 9.59 Å². The Morgan fingerprint density at radius 3 is 2.00 bits per heavy atom. The van der Waals surface area contributed by atoms with Crippen molar-refractivity contribution in [1.82, 2.24) is 0 Å². The van der Waals surface area contributed by atoms with Gasteiger partial charge in [0, 0.05) is 0 Å². The van der Waals surface area contributed by atoms with Crippen LogP contribution in [0.3, 0.4) is 0 Å². The summed E-state index contributed by atoms with van der Waals surface area (Å²) >= 11 is 0. The number of unbranched alkanes of at least 4 members (excludes halogenated alkanes) is 7. The fourth-order valence-corrected chi connectivity index (χ4v) is 3.15. The molecule has 0 radical (unpaired) electrons. The first kappa shape index (κ1) is 22.2. The zero-order valence-corrected chi connectivity index (χ0v) is 16.3. The highest BCUT2D eigenvalue weighted by molar-refractivity contribution is 6.02. The summed E-state index contributed by atoms with van der Waals surface area (Å²) in [5.74, 6) is -1.63. The summed E-state index contributed by atoms with van der Waals surface area (Å²) in [4.78, 5) is 23.7. The van der Waals surface area contributed by atoms with Crippen molar-refractivity contribution in [2.45, 2.75) is 90.6 Å². The van der Waals surface area contributed by atoms with Crippen molar-refractivity contribution in [3.8, 4) is 0 Å². The minimum absolute atomic E-state index is 0.000160. The van der Waals surface area contributed by atoms with Crippen LogP contribution in [-0.4, -0.2) is 23.1 Å². The highest BCUT2D eigenvalue weighted by atomic mass is 16.5. The Kier molecular flexibility index (Phi) is 11.4. The van der Waals surface area contributed by atoms with E-state index in [-0.39, 0.29) is 17.2 Å². The summed E-state index contributed by atoms with van der Waals surface area (Å²) in [5.41, 5.74) is 0.136. The number of esters is 1. The number of hydrogen-bond donors (Lipinski definition) is 1. The van der Waals surface area contributed by atoms with Crippen molar-refractivity contribution in [2.24, 2.45) is 0 Å². The smallest absolute Gasteiger partial charge is 0.339 e. The second-order valence-electron chi connectivity index (χ2n) is 6.93. The maximum Gasteiger partial charge on any atom is 0.339 e. The van der Waals surface area contributed by atoms with E-state index >= 15 is 0 Å². The van der Waals surface area contributed by atoms with Crippen LogP contribution < -0.4 is 0 Å². The molecule has 0 saturated carbocycles. The van der Waals surface area contributed by atoms with E-state index in [1.165, 1.54) is 50.7 Å². The highest BCUT2D eigenvalue weighted by Gasteiger charge is 2.20. The average molecular weight is 363 g/mol. The molecule has 0 aliphatic carbocycles. The molecule has 146 valence electrons. The van der Waals surface area contributed by atoms with Gasteiger partial charge in [-0.05, 0) is 31.4 Å². The molecule has 0 aliphatic heterocycles. The van der Waals surface area contributed by atoms with Crippen molar-refractivity contribution < 1.29 is 19.4 Å². The van der Waals surface area contributed by atoms with E-state index in [0.29, 0.717) is 0 Å². The molecule has 1 N–H and O–H groups in total. The largest absolute Gasteiger partial charge is 0.478 e. The lowest BCUT2D eigenvalue weighted by atomic mass is 10.0. The molecule has 1 unspecified atom stereocenters.